The largest absolute Gasteiger partial charge is 0.207 e. The highest BCUT2D eigenvalue weighted by molar-refractivity contribution is 9.10. The predicted octanol–water partition coefficient (Wildman–Crippen LogP) is 5.68. The molecule has 0 spiro atoms. The molecule has 1 aromatic carbocycles. The third kappa shape index (κ3) is 2.60. The van der Waals surface area contributed by atoms with Crippen LogP contribution in [0.25, 0.3) is 0 Å². The molecule has 18 heavy (non-hydrogen) atoms. The Bertz CT molecular complexity index is 568. The van der Waals surface area contributed by atoms with Gasteiger partial charge in [-0.25, -0.2) is 8.78 Å². The summed E-state index contributed by atoms with van der Waals surface area (Å²) in [7, 11) is 0. The molecule has 0 aliphatic heterocycles. The van der Waals surface area contributed by atoms with Crippen molar-refractivity contribution in [3.05, 3.63) is 55.7 Å². The van der Waals surface area contributed by atoms with Crippen LogP contribution >= 0.6 is 38.9 Å². The highest BCUT2D eigenvalue weighted by atomic mass is 79.9. The maximum Gasteiger partial charge on any atom is 0.137 e. The molecule has 0 fully saturated rings. The Morgan fingerprint density at radius 2 is 2.06 bits per heavy atom. The Labute approximate surface area is 122 Å². The molecular formula is C13H10BrClF2S. The summed E-state index contributed by atoms with van der Waals surface area (Å²) in [6.07, 6.45) is 0.822. The number of thiophene rings is 1. The lowest BCUT2D eigenvalue weighted by Gasteiger charge is -2.12. The fourth-order valence-electron chi connectivity index (χ4n) is 1.74. The minimum absolute atomic E-state index is 0.106. The van der Waals surface area contributed by atoms with E-state index in [1.54, 1.807) is 0 Å². The Kier molecular flexibility index (Phi) is 4.41. The van der Waals surface area contributed by atoms with Crippen molar-refractivity contribution in [3.8, 4) is 0 Å². The number of rotatable bonds is 3. The molecule has 0 radical (unpaired) electrons. The molecule has 1 heterocycles. The predicted molar refractivity (Wildman–Crippen MR) is 75.5 cm³/mol. The van der Waals surface area contributed by atoms with Gasteiger partial charge >= 0.3 is 0 Å². The van der Waals surface area contributed by atoms with Gasteiger partial charge in [0.25, 0.3) is 0 Å². The summed E-state index contributed by atoms with van der Waals surface area (Å²) < 4.78 is 27.4. The fourth-order valence-corrected chi connectivity index (χ4v) is 3.50. The molecule has 1 aromatic heterocycles. The van der Waals surface area contributed by atoms with Crippen LogP contribution in [-0.2, 0) is 6.42 Å². The van der Waals surface area contributed by atoms with Gasteiger partial charge in [0.1, 0.15) is 11.6 Å². The Balaban J connectivity index is 2.46. The number of hydrogen-bond acceptors (Lipinski definition) is 1. The lowest BCUT2D eigenvalue weighted by molar-refractivity contribution is 0.582. The molecule has 2 rings (SSSR count). The second-order valence-electron chi connectivity index (χ2n) is 3.81. The minimum Gasteiger partial charge on any atom is -0.207 e. The summed E-state index contributed by atoms with van der Waals surface area (Å²) in [6, 6.07) is 4.22. The van der Waals surface area contributed by atoms with Gasteiger partial charge in [-0.2, -0.15) is 0 Å². The smallest absolute Gasteiger partial charge is 0.137 e. The monoisotopic (exact) mass is 350 g/mol. The summed E-state index contributed by atoms with van der Waals surface area (Å²) in [5.74, 6) is -1.01. The van der Waals surface area contributed by atoms with E-state index in [0.29, 0.717) is 0 Å². The van der Waals surface area contributed by atoms with E-state index in [0.717, 1.165) is 29.0 Å². The summed E-state index contributed by atoms with van der Waals surface area (Å²) >= 11 is 10.7. The van der Waals surface area contributed by atoms with E-state index in [9.17, 15) is 8.78 Å². The van der Waals surface area contributed by atoms with Gasteiger partial charge in [0, 0.05) is 10.4 Å². The van der Waals surface area contributed by atoms with E-state index >= 15 is 0 Å². The second-order valence-corrected chi connectivity index (χ2v) is 6.05. The van der Waals surface area contributed by atoms with Crippen molar-refractivity contribution in [1.82, 2.24) is 0 Å². The molecule has 0 saturated heterocycles. The molecule has 0 N–H and O–H groups in total. The van der Waals surface area contributed by atoms with Crippen molar-refractivity contribution >= 4 is 38.9 Å². The molecular weight excluding hydrogens is 342 g/mol. The molecule has 0 amide bonds. The quantitative estimate of drug-likeness (QED) is 0.493. The highest BCUT2D eigenvalue weighted by Crippen LogP contribution is 2.37. The van der Waals surface area contributed by atoms with Crippen molar-refractivity contribution in [2.75, 3.05) is 0 Å². The average molecular weight is 352 g/mol. The molecule has 5 heteroatoms. The number of halogens is 4. The maximum atomic E-state index is 13.8. The van der Waals surface area contributed by atoms with Gasteiger partial charge in [-0.05, 0) is 51.5 Å². The highest BCUT2D eigenvalue weighted by Gasteiger charge is 2.20. The number of hydrogen-bond donors (Lipinski definition) is 0. The van der Waals surface area contributed by atoms with E-state index < -0.39 is 17.0 Å². The average Bonchev–Trinajstić information content (AvgIpc) is 2.81. The van der Waals surface area contributed by atoms with Crippen LogP contribution in [0.15, 0.2) is 28.1 Å². The zero-order chi connectivity index (χ0) is 13.3. The molecule has 0 aliphatic carbocycles. The first-order chi connectivity index (χ1) is 8.54. The van der Waals surface area contributed by atoms with Crippen molar-refractivity contribution < 1.29 is 8.78 Å². The molecule has 96 valence electrons. The van der Waals surface area contributed by atoms with Gasteiger partial charge < -0.3 is 0 Å². The molecule has 0 bridgehead atoms. The van der Waals surface area contributed by atoms with Crippen molar-refractivity contribution in [1.29, 1.82) is 0 Å². The lowest BCUT2D eigenvalue weighted by Crippen LogP contribution is -1.99. The van der Waals surface area contributed by atoms with Crippen LogP contribution in [0.3, 0.4) is 0 Å². The van der Waals surface area contributed by atoms with E-state index in [2.05, 4.69) is 15.9 Å². The van der Waals surface area contributed by atoms with Crippen molar-refractivity contribution in [2.24, 2.45) is 0 Å². The van der Waals surface area contributed by atoms with Gasteiger partial charge in [-0.3, -0.25) is 0 Å². The van der Waals surface area contributed by atoms with Gasteiger partial charge in [-0.15, -0.1) is 22.9 Å². The molecule has 2 aromatic rings. The van der Waals surface area contributed by atoms with E-state index in [-0.39, 0.29) is 10.0 Å². The molecule has 0 aliphatic rings. The van der Waals surface area contributed by atoms with Crippen molar-refractivity contribution in [2.45, 2.75) is 18.7 Å². The topological polar surface area (TPSA) is 0 Å². The van der Waals surface area contributed by atoms with E-state index in [4.69, 9.17) is 11.6 Å². The lowest BCUT2D eigenvalue weighted by atomic mass is 10.1. The number of benzene rings is 1. The molecule has 1 unspecified atom stereocenters. The SMILES string of the molecule is CCc1ccsc1C(Cl)c1cc(F)c(Br)cc1F. The first-order valence-corrected chi connectivity index (χ1v) is 7.50. The van der Waals surface area contributed by atoms with Crippen LogP contribution in [0, 0.1) is 11.6 Å². The van der Waals surface area contributed by atoms with Gasteiger partial charge in [-0.1, -0.05) is 6.92 Å². The maximum absolute atomic E-state index is 13.8. The van der Waals surface area contributed by atoms with Gasteiger partial charge in [0.15, 0.2) is 0 Å². The summed E-state index contributed by atoms with van der Waals surface area (Å²) in [6.45, 7) is 2.01. The first kappa shape index (κ1) is 14.0. The third-order valence-corrected chi connectivity index (χ3v) is 4.92. The standard InChI is InChI=1S/C13H10BrClF2S/c1-2-7-3-4-18-13(7)12(15)8-5-11(17)9(14)6-10(8)16/h3-6,12H,2H2,1H3. The molecule has 1 atom stereocenters. The van der Waals surface area contributed by atoms with E-state index in [1.165, 1.54) is 11.3 Å². The summed E-state index contributed by atoms with van der Waals surface area (Å²) in [5.41, 5.74) is 1.25. The van der Waals surface area contributed by atoms with Crippen LogP contribution in [0.2, 0.25) is 0 Å². The van der Waals surface area contributed by atoms with Gasteiger partial charge in [0.05, 0.1) is 9.85 Å². The summed E-state index contributed by atoms with van der Waals surface area (Å²) in [5, 5.41) is 1.26. The summed E-state index contributed by atoms with van der Waals surface area (Å²) in [4.78, 5) is 0.875. The Morgan fingerprint density at radius 1 is 1.33 bits per heavy atom. The third-order valence-electron chi connectivity index (χ3n) is 2.70. The zero-order valence-corrected chi connectivity index (χ0v) is 12.7. The minimum atomic E-state index is -0.650. The van der Waals surface area contributed by atoms with Crippen LogP contribution in [0.4, 0.5) is 8.78 Å². The van der Waals surface area contributed by atoms with Crippen LogP contribution in [-0.4, -0.2) is 0 Å². The Hall–Kier alpha value is -0.450. The number of aryl methyl sites for hydroxylation is 1. The first-order valence-electron chi connectivity index (χ1n) is 5.39. The molecule has 0 nitrogen and oxygen atoms in total. The Morgan fingerprint density at radius 3 is 2.72 bits per heavy atom. The number of alkyl halides is 1. The van der Waals surface area contributed by atoms with Crippen molar-refractivity contribution in [3.63, 3.8) is 0 Å². The van der Waals surface area contributed by atoms with E-state index in [1.807, 2.05) is 18.4 Å². The zero-order valence-electron chi connectivity index (χ0n) is 9.51. The second kappa shape index (κ2) is 5.68. The molecule has 0 saturated carbocycles. The normalized spacial score (nSPS) is 12.7. The fraction of sp³-hybridized carbons (Fsp3) is 0.231. The van der Waals surface area contributed by atoms with Crippen LogP contribution < -0.4 is 0 Å². The van der Waals surface area contributed by atoms with Gasteiger partial charge in [0.2, 0.25) is 0 Å². The van der Waals surface area contributed by atoms with Crippen LogP contribution in [0.1, 0.15) is 28.3 Å². The van der Waals surface area contributed by atoms with Crippen LogP contribution in [0.5, 0.6) is 0 Å².